The number of likely N-dealkylation sites (N-methyl/N-ethyl adjacent to an activating group) is 1. The first-order valence-electron chi connectivity index (χ1n) is 11.9. The molecule has 4 rings (SSSR count). The summed E-state index contributed by atoms with van der Waals surface area (Å²) in [4.78, 5) is 18.3. The minimum absolute atomic E-state index is 0.0373. The Morgan fingerprint density at radius 1 is 0.971 bits per heavy atom. The molecule has 2 N–H and O–H groups in total. The fourth-order valence-electron chi connectivity index (χ4n) is 4.47. The van der Waals surface area contributed by atoms with E-state index in [1.165, 1.54) is 6.07 Å². The second kappa shape index (κ2) is 10.8. The van der Waals surface area contributed by atoms with Crippen LogP contribution in [0.25, 0.3) is 0 Å². The Labute approximate surface area is 203 Å². The van der Waals surface area contributed by atoms with Gasteiger partial charge in [0.1, 0.15) is 0 Å². The molecule has 2 aliphatic rings. The summed E-state index contributed by atoms with van der Waals surface area (Å²) >= 11 is 0. The van der Waals surface area contributed by atoms with Crippen LogP contribution in [0.5, 0.6) is 0 Å². The van der Waals surface area contributed by atoms with Crippen molar-refractivity contribution in [3.05, 3.63) is 53.6 Å². The molecular weight excluding hydrogens is 459 g/mol. The van der Waals surface area contributed by atoms with Gasteiger partial charge in [-0.25, -0.2) is 5.06 Å². The highest BCUT2D eigenvalue weighted by Crippen LogP contribution is 2.39. The van der Waals surface area contributed by atoms with E-state index in [2.05, 4.69) is 10.2 Å². The van der Waals surface area contributed by atoms with Crippen molar-refractivity contribution in [2.45, 2.75) is 25.6 Å². The smallest absolute Gasteiger partial charge is 0.371 e. The summed E-state index contributed by atoms with van der Waals surface area (Å²) in [6, 6.07) is 11.2. The second-order valence-electron chi connectivity index (χ2n) is 9.28. The minimum Gasteiger partial charge on any atom is -0.371 e. The van der Waals surface area contributed by atoms with Crippen molar-refractivity contribution in [1.29, 1.82) is 0 Å². The van der Waals surface area contributed by atoms with Gasteiger partial charge in [0.15, 0.2) is 0 Å². The minimum atomic E-state index is -4.44. The summed E-state index contributed by atoms with van der Waals surface area (Å²) in [5.74, 6) is -0.366. The third kappa shape index (κ3) is 6.65. The number of nitrogens with zero attached hydrogens (tertiary/aromatic N) is 4. The molecule has 0 spiro atoms. The maximum Gasteiger partial charge on any atom is 0.418 e. The van der Waals surface area contributed by atoms with Gasteiger partial charge < -0.3 is 15.1 Å². The maximum atomic E-state index is 13.7. The van der Waals surface area contributed by atoms with E-state index >= 15 is 0 Å². The number of anilines is 3. The fraction of sp³-hybridized carbons (Fsp3) is 0.480. The van der Waals surface area contributed by atoms with Gasteiger partial charge in [-0.15, -0.1) is 0 Å². The third-order valence-corrected chi connectivity index (χ3v) is 6.57. The molecule has 0 atom stereocenters. The summed E-state index contributed by atoms with van der Waals surface area (Å²) in [6.07, 6.45) is -2.65. The van der Waals surface area contributed by atoms with Gasteiger partial charge in [0.25, 0.3) is 5.91 Å². The van der Waals surface area contributed by atoms with Gasteiger partial charge in [-0.3, -0.25) is 14.9 Å². The van der Waals surface area contributed by atoms with E-state index in [1.54, 1.807) is 35.2 Å². The first-order valence-corrected chi connectivity index (χ1v) is 11.9. The van der Waals surface area contributed by atoms with Crippen molar-refractivity contribution in [3.63, 3.8) is 0 Å². The number of amides is 1. The monoisotopic (exact) mass is 491 g/mol. The van der Waals surface area contributed by atoms with Crippen LogP contribution in [0.15, 0.2) is 42.5 Å². The van der Waals surface area contributed by atoms with Gasteiger partial charge in [-0.2, -0.15) is 13.2 Å². The number of carbonyl (C=O) groups is 1. The molecule has 10 heteroatoms. The number of alkyl halides is 3. The van der Waals surface area contributed by atoms with Gasteiger partial charge >= 0.3 is 6.18 Å². The molecule has 0 saturated carbocycles. The molecule has 0 aliphatic carbocycles. The summed E-state index contributed by atoms with van der Waals surface area (Å²) in [7, 11) is 2.04. The maximum absolute atomic E-state index is 13.7. The Morgan fingerprint density at radius 2 is 1.60 bits per heavy atom. The molecular formula is C25H32F3N5O2. The van der Waals surface area contributed by atoms with E-state index in [-0.39, 0.29) is 24.7 Å². The predicted molar refractivity (Wildman–Crippen MR) is 129 cm³/mol. The zero-order valence-corrected chi connectivity index (χ0v) is 19.9. The largest absolute Gasteiger partial charge is 0.418 e. The molecule has 0 radical (unpaired) electrons. The van der Waals surface area contributed by atoms with E-state index in [0.29, 0.717) is 35.1 Å². The molecule has 35 heavy (non-hydrogen) atoms. The van der Waals surface area contributed by atoms with Crippen molar-refractivity contribution < 1.29 is 23.2 Å². The van der Waals surface area contributed by atoms with Crippen molar-refractivity contribution in [2.24, 2.45) is 0 Å². The van der Waals surface area contributed by atoms with Crippen molar-refractivity contribution in [1.82, 2.24) is 14.9 Å². The number of hydrogen-bond donors (Lipinski definition) is 2. The number of nitrogens with one attached hydrogen (secondary N) is 1. The molecule has 0 unspecified atom stereocenters. The van der Waals surface area contributed by atoms with Crippen molar-refractivity contribution in [2.75, 3.05) is 63.1 Å². The van der Waals surface area contributed by atoms with Crippen molar-refractivity contribution >= 4 is 23.0 Å². The number of piperazine rings is 1. The molecule has 2 fully saturated rings. The van der Waals surface area contributed by atoms with Crippen molar-refractivity contribution in [3.8, 4) is 0 Å². The normalized spacial score (nSPS) is 17.6. The molecule has 0 bridgehead atoms. The fourth-order valence-corrected chi connectivity index (χ4v) is 4.47. The van der Waals surface area contributed by atoms with Crippen LogP contribution < -0.4 is 10.2 Å². The van der Waals surface area contributed by atoms with Crippen LogP contribution in [0.2, 0.25) is 0 Å². The Morgan fingerprint density at radius 3 is 2.23 bits per heavy atom. The zero-order chi connectivity index (χ0) is 25.0. The molecule has 2 aromatic carbocycles. The van der Waals surface area contributed by atoms with E-state index in [9.17, 15) is 23.2 Å². The molecule has 2 aliphatic heterocycles. The number of halogens is 3. The summed E-state index contributed by atoms with van der Waals surface area (Å²) in [6.45, 7) is 4.82. The Balaban J connectivity index is 1.36. The first-order chi connectivity index (χ1) is 16.7. The lowest BCUT2D eigenvalue weighted by molar-refractivity contribution is -0.169. The van der Waals surface area contributed by atoms with Gasteiger partial charge in [0, 0.05) is 56.3 Å². The van der Waals surface area contributed by atoms with E-state index in [1.807, 2.05) is 11.9 Å². The highest BCUT2D eigenvalue weighted by atomic mass is 19.4. The SMILES string of the molecule is CN1CCN(CC(=O)N(O)Cc2ccc(Nc3ccc(N4CCCC4)c(C(F)(F)F)c3)cc2)CC1. The lowest BCUT2D eigenvalue weighted by atomic mass is 10.1. The van der Waals surface area contributed by atoms with Crippen LogP contribution in [-0.2, 0) is 17.5 Å². The molecule has 2 saturated heterocycles. The third-order valence-electron chi connectivity index (χ3n) is 6.57. The Hall–Kier alpha value is -2.82. The number of benzene rings is 2. The van der Waals surface area contributed by atoms with Gasteiger partial charge in [-0.1, -0.05) is 12.1 Å². The predicted octanol–water partition coefficient (Wildman–Crippen LogP) is 4.01. The van der Waals surface area contributed by atoms with Crippen LogP contribution in [0, 0.1) is 0 Å². The van der Waals surface area contributed by atoms with Gasteiger partial charge in [0.2, 0.25) is 0 Å². The summed E-state index contributed by atoms with van der Waals surface area (Å²) in [5, 5.41) is 13.9. The Kier molecular flexibility index (Phi) is 7.83. The van der Waals surface area contributed by atoms with E-state index in [0.717, 1.165) is 45.1 Å². The van der Waals surface area contributed by atoms with Crippen LogP contribution >= 0.6 is 0 Å². The van der Waals surface area contributed by atoms with Gasteiger partial charge in [0.05, 0.1) is 18.7 Å². The molecule has 2 aromatic rings. The molecule has 1 amide bonds. The van der Waals surface area contributed by atoms with Crippen LogP contribution in [0.4, 0.5) is 30.2 Å². The average Bonchev–Trinajstić information content (AvgIpc) is 3.36. The molecule has 0 aromatic heterocycles. The van der Waals surface area contributed by atoms with Gasteiger partial charge in [-0.05, 0) is 55.8 Å². The highest BCUT2D eigenvalue weighted by Gasteiger charge is 2.35. The van der Waals surface area contributed by atoms with Crippen LogP contribution in [0.1, 0.15) is 24.0 Å². The van der Waals surface area contributed by atoms with Crippen LogP contribution in [0.3, 0.4) is 0 Å². The lowest BCUT2D eigenvalue weighted by Crippen LogP contribution is -2.48. The Bertz CT molecular complexity index is 1000. The number of hydroxylamine groups is 2. The summed E-state index contributed by atoms with van der Waals surface area (Å²) in [5.41, 5.74) is 1.25. The summed E-state index contributed by atoms with van der Waals surface area (Å²) < 4.78 is 41.1. The van der Waals surface area contributed by atoms with E-state index < -0.39 is 11.7 Å². The number of rotatable bonds is 7. The second-order valence-corrected chi connectivity index (χ2v) is 9.28. The van der Waals surface area contributed by atoms with Crippen LogP contribution in [-0.4, -0.2) is 78.8 Å². The molecule has 190 valence electrons. The lowest BCUT2D eigenvalue weighted by Gasteiger charge is -2.32. The highest BCUT2D eigenvalue weighted by molar-refractivity contribution is 5.77. The molecule has 7 nitrogen and oxygen atoms in total. The average molecular weight is 492 g/mol. The number of carbonyl (C=O) groups excluding carboxylic acids is 1. The molecule has 2 heterocycles. The zero-order valence-electron chi connectivity index (χ0n) is 19.9. The first kappa shape index (κ1) is 25.3. The quantitative estimate of drug-likeness (QED) is 0.451. The standard InChI is InChI=1S/C25H32F3N5O2/c1-30-12-14-31(15-13-30)18-24(34)33(35)17-19-4-6-20(7-5-19)29-21-8-9-23(32-10-2-3-11-32)22(16-21)25(26,27)28/h4-9,16,29,35H,2-3,10-15,17-18H2,1H3. The van der Waals surface area contributed by atoms with E-state index in [4.69, 9.17) is 0 Å². The topological polar surface area (TPSA) is 62.3 Å². The number of hydrogen-bond acceptors (Lipinski definition) is 6.